The molecule has 0 unspecified atom stereocenters. The molecule has 0 atom stereocenters. The third-order valence-electron chi connectivity index (χ3n) is 5.51. The standard InChI is InChI=1S/C26H20N2O2S/c1-2-14-27-16-20(22-12-5-6-13-23(22)27)15-24-25(29)28(26(30)31-24)17-19-10-7-9-18-8-3-4-11-21(18)19/h2-13,15-16H,1,14,17H2/b24-15+. The van der Waals surface area contributed by atoms with Crippen LogP contribution in [0.5, 0.6) is 0 Å². The fourth-order valence-corrected chi connectivity index (χ4v) is 4.89. The second-order valence-corrected chi connectivity index (χ2v) is 8.44. The smallest absolute Gasteiger partial charge is 0.293 e. The fourth-order valence-electron chi connectivity index (χ4n) is 4.06. The second kappa shape index (κ2) is 7.93. The lowest BCUT2D eigenvalue weighted by atomic mass is 10.0. The topological polar surface area (TPSA) is 42.3 Å². The van der Waals surface area contributed by atoms with Gasteiger partial charge in [0.2, 0.25) is 0 Å². The minimum atomic E-state index is -0.247. The van der Waals surface area contributed by atoms with Gasteiger partial charge in [-0.3, -0.25) is 14.5 Å². The summed E-state index contributed by atoms with van der Waals surface area (Å²) in [6.45, 7) is 4.77. The summed E-state index contributed by atoms with van der Waals surface area (Å²) >= 11 is 1.00. The molecule has 2 heterocycles. The summed E-state index contributed by atoms with van der Waals surface area (Å²) in [6.07, 6.45) is 5.68. The fraction of sp³-hybridized carbons (Fsp3) is 0.0769. The number of fused-ring (bicyclic) bond motifs is 2. The van der Waals surface area contributed by atoms with E-state index in [-0.39, 0.29) is 17.7 Å². The first-order chi connectivity index (χ1) is 15.2. The number of imide groups is 1. The maximum Gasteiger partial charge on any atom is 0.293 e. The number of para-hydroxylation sites is 1. The number of rotatable bonds is 5. The van der Waals surface area contributed by atoms with Gasteiger partial charge in [-0.2, -0.15) is 0 Å². The van der Waals surface area contributed by atoms with E-state index in [4.69, 9.17) is 0 Å². The molecule has 0 N–H and O–H groups in total. The maximum absolute atomic E-state index is 13.1. The average Bonchev–Trinajstić information content (AvgIpc) is 3.26. The Bertz CT molecular complexity index is 1380. The van der Waals surface area contributed by atoms with Crippen molar-refractivity contribution < 1.29 is 9.59 Å². The van der Waals surface area contributed by atoms with Crippen LogP contribution in [0.4, 0.5) is 4.79 Å². The Morgan fingerprint density at radius 3 is 2.48 bits per heavy atom. The Morgan fingerprint density at radius 1 is 0.903 bits per heavy atom. The quantitative estimate of drug-likeness (QED) is 0.282. The molecule has 1 saturated heterocycles. The summed E-state index contributed by atoms with van der Waals surface area (Å²) in [6, 6.07) is 22.0. The summed E-state index contributed by atoms with van der Waals surface area (Å²) in [4.78, 5) is 27.6. The van der Waals surface area contributed by atoms with Crippen LogP contribution >= 0.6 is 11.8 Å². The summed E-state index contributed by atoms with van der Waals surface area (Å²) in [5, 5.41) is 2.96. The van der Waals surface area contributed by atoms with E-state index in [0.29, 0.717) is 11.4 Å². The molecule has 0 bridgehead atoms. The summed E-state index contributed by atoms with van der Waals surface area (Å²) in [5.41, 5.74) is 2.96. The molecule has 1 aliphatic rings. The molecule has 31 heavy (non-hydrogen) atoms. The zero-order chi connectivity index (χ0) is 21.4. The lowest BCUT2D eigenvalue weighted by molar-refractivity contribution is -0.123. The van der Waals surface area contributed by atoms with Gasteiger partial charge in [0.15, 0.2) is 0 Å². The summed E-state index contributed by atoms with van der Waals surface area (Å²) in [5.74, 6) is -0.247. The Hall–Kier alpha value is -3.57. The largest absolute Gasteiger partial charge is 0.343 e. The Morgan fingerprint density at radius 2 is 1.65 bits per heavy atom. The highest BCUT2D eigenvalue weighted by atomic mass is 32.2. The van der Waals surface area contributed by atoms with E-state index in [1.807, 2.05) is 85.1 Å². The number of amides is 2. The van der Waals surface area contributed by atoms with Crippen molar-refractivity contribution in [3.05, 3.63) is 102 Å². The minimum Gasteiger partial charge on any atom is -0.343 e. The van der Waals surface area contributed by atoms with Crippen LogP contribution in [-0.4, -0.2) is 20.6 Å². The van der Waals surface area contributed by atoms with Crippen LogP contribution in [0.1, 0.15) is 11.1 Å². The van der Waals surface area contributed by atoms with E-state index in [2.05, 4.69) is 11.1 Å². The molecule has 2 amide bonds. The maximum atomic E-state index is 13.1. The Labute approximate surface area is 184 Å². The van der Waals surface area contributed by atoms with E-state index >= 15 is 0 Å². The van der Waals surface area contributed by atoms with Gasteiger partial charge in [0, 0.05) is 29.2 Å². The van der Waals surface area contributed by atoms with Crippen molar-refractivity contribution in [3.63, 3.8) is 0 Å². The third kappa shape index (κ3) is 3.47. The van der Waals surface area contributed by atoms with Crippen molar-refractivity contribution in [2.45, 2.75) is 13.1 Å². The van der Waals surface area contributed by atoms with Gasteiger partial charge in [0.1, 0.15) is 0 Å². The van der Waals surface area contributed by atoms with Crippen LogP contribution in [0.3, 0.4) is 0 Å². The van der Waals surface area contributed by atoms with Crippen molar-refractivity contribution in [3.8, 4) is 0 Å². The van der Waals surface area contributed by atoms with E-state index < -0.39 is 0 Å². The van der Waals surface area contributed by atoms with Crippen molar-refractivity contribution in [2.24, 2.45) is 0 Å². The molecule has 1 aromatic heterocycles. The number of carbonyl (C=O) groups is 2. The van der Waals surface area contributed by atoms with Gasteiger partial charge in [0.05, 0.1) is 11.4 Å². The van der Waals surface area contributed by atoms with Crippen molar-refractivity contribution in [1.82, 2.24) is 9.47 Å². The summed E-state index contributed by atoms with van der Waals surface area (Å²) < 4.78 is 2.09. The van der Waals surface area contributed by atoms with Gasteiger partial charge in [-0.25, -0.2) is 0 Å². The third-order valence-corrected chi connectivity index (χ3v) is 6.42. The van der Waals surface area contributed by atoms with Crippen molar-refractivity contribution in [2.75, 3.05) is 0 Å². The molecule has 0 saturated carbocycles. The van der Waals surface area contributed by atoms with E-state index in [1.165, 1.54) is 4.90 Å². The van der Waals surface area contributed by atoms with Crippen molar-refractivity contribution in [1.29, 1.82) is 0 Å². The molecule has 152 valence electrons. The highest BCUT2D eigenvalue weighted by Gasteiger charge is 2.35. The van der Waals surface area contributed by atoms with Crippen LogP contribution in [-0.2, 0) is 17.9 Å². The van der Waals surface area contributed by atoms with Gasteiger partial charge in [-0.05, 0) is 40.2 Å². The van der Waals surface area contributed by atoms with Crippen LogP contribution < -0.4 is 0 Å². The molecule has 5 rings (SSSR count). The molecular weight excluding hydrogens is 404 g/mol. The van der Waals surface area contributed by atoms with E-state index in [0.717, 1.165) is 44.6 Å². The number of benzene rings is 3. The highest BCUT2D eigenvalue weighted by Crippen LogP contribution is 2.35. The molecular formula is C26H20N2O2S. The first-order valence-electron chi connectivity index (χ1n) is 10.1. The van der Waals surface area contributed by atoms with Crippen LogP contribution in [0.15, 0.2) is 90.5 Å². The number of carbonyl (C=O) groups excluding carboxylic acids is 2. The zero-order valence-corrected chi connectivity index (χ0v) is 17.6. The zero-order valence-electron chi connectivity index (χ0n) is 16.8. The molecule has 0 radical (unpaired) electrons. The van der Waals surface area contributed by atoms with Crippen molar-refractivity contribution >= 4 is 50.7 Å². The highest BCUT2D eigenvalue weighted by molar-refractivity contribution is 8.18. The predicted octanol–water partition coefficient (Wildman–Crippen LogP) is 6.22. The molecule has 5 heteroatoms. The lowest BCUT2D eigenvalue weighted by Crippen LogP contribution is -2.27. The molecule has 1 aliphatic heterocycles. The predicted molar refractivity (Wildman–Crippen MR) is 128 cm³/mol. The molecule has 1 fully saturated rings. The number of aromatic nitrogens is 1. The second-order valence-electron chi connectivity index (χ2n) is 7.45. The molecule has 4 aromatic rings. The van der Waals surface area contributed by atoms with Crippen LogP contribution in [0, 0.1) is 0 Å². The van der Waals surface area contributed by atoms with Gasteiger partial charge in [0.25, 0.3) is 11.1 Å². The number of nitrogens with zero attached hydrogens (tertiary/aromatic N) is 2. The first kappa shape index (κ1) is 19.4. The van der Waals surface area contributed by atoms with Gasteiger partial charge in [-0.15, -0.1) is 6.58 Å². The van der Waals surface area contributed by atoms with Gasteiger partial charge >= 0.3 is 0 Å². The summed E-state index contributed by atoms with van der Waals surface area (Å²) in [7, 11) is 0. The lowest BCUT2D eigenvalue weighted by Gasteiger charge is -2.14. The van der Waals surface area contributed by atoms with E-state index in [1.54, 1.807) is 0 Å². The molecule has 0 aliphatic carbocycles. The Balaban J connectivity index is 1.49. The average molecular weight is 425 g/mol. The van der Waals surface area contributed by atoms with Gasteiger partial charge in [-0.1, -0.05) is 66.7 Å². The minimum absolute atomic E-state index is 0.237. The van der Waals surface area contributed by atoms with Crippen LogP contribution in [0.25, 0.3) is 27.8 Å². The Kier molecular flexibility index (Phi) is 4.96. The number of thioether (sulfide) groups is 1. The van der Waals surface area contributed by atoms with E-state index in [9.17, 15) is 9.59 Å². The van der Waals surface area contributed by atoms with Gasteiger partial charge < -0.3 is 4.57 Å². The number of hydrogen-bond donors (Lipinski definition) is 0. The number of hydrogen-bond acceptors (Lipinski definition) is 3. The SMILES string of the molecule is C=CCn1cc(/C=C2/SC(=O)N(Cc3cccc4ccccc34)C2=O)c2ccccc21. The monoisotopic (exact) mass is 424 g/mol. The molecule has 4 nitrogen and oxygen atoms in total. The number of allylic oxidation sites excluding steroid dienone is 1. The normalized spacial score (nSPS) is 15.5. The molecule has 0 spiro atoms. The molecule has 3 aromatic carbocycles. The van der Waals surface area contributed by atoms with Crippen LogP contribution in [0.2, 0.25) is 0 Å². The first-order valence-corrected chi connectivity index (χ1v) is 10.9.